The molecule has 2 aromatic carbocycles. The number of anilines is 1. The topological polar surface area (TPSA) is 45.2 Å². The average molecular weight is 357 g/mol. The molecule has 4 heteroatoms. The van der Waals surface area contributed by atoms with E-state index in [1.165, 1.54) is 16.7 Å². The van der Waals surface area contributed by atoms with Gasteiger partial charge >= 0.3 is 6.03 Å². The van der Waals surface area contributed by atoms with Crippen LogP contribution in [0, 0.1) is 6.92 Å². The van der Waals surface area contributed by atoms with E-state index in [9.17, 15) is 4.79 Å². The highest BCUT2D eigenvalue weighted by atomic mass is 16.2. The lowest BCUT2D eigenvalue weighted by atomic mass is 10.1. The second kappa shape index (κ2) is 7.62. The van der Waals surface area contributed by atoms with Crippen LogP contribution in [0.5, 0.6) is 0 Å². The fourth-order valence-electron chi connectivity index (χ4n) is 3.70. The molecule has 0 fully saturated rings. The molecule has 1 atom stereocenters. The quantitative estimate of drug-likeness (QED) is 0.705. The summed E-state index contributed by atoms with van der Waals surface area (Å²) in [4.78, 5) is 19.2. The van der Waals surface area contributed by atoms with Crippen LogP contribution in [0.2, 0.25) is 0 Å². The van der Waals surface area contributed by atoms with Gasteiger partial charge in [0, 0.05) is 12.7 Å². The van der Waals surface area contributed by atoms with E-state index in [1.54, 1.807) is 12.4 Å². The van der Waals surface area contributed by atoms with Crippen molar-refractivity contribution >= 4 is 11.7 Å². The Balaban J connectivity index is 1.62. The zero-order valence-electron chi connectivity index (χ0n) is 15.4. The molecule has 2 amide bonds. The molecule has 0 unspecified atom stereocenters. The first-order valence-electron chi connectivity index (χ1n) is 9.32. The third-order valence-electron chi connectivity index (χ3n) is 5.12. The van der Waals surface area contributed by atoms with E-state index in [0.717, 1.165) is 18.4 Å². The van der Waals surface area contributed by atoms with E-state index in [1.807, 2.05) is 17.0 Å². The van der Waals surface area contributed by atoms with E-state index >= 15 is 0 Å². The van der Waals surface area contributed by atoms with Gasteiger partial charge in [0.1, 0.15) is 0 Å². The summed E-state index contributed by atoms with van der Waals surface area (Å²) >= 11 is 0. The van der Waals surface area contributed by atoms with Gasteiger partial charge in [-0.05, 0) is 48.6 Å². The van der Waals surface area contributed by atoms with E-state index in [0.29, 0.717) is 12.2 Å². The summed E-state index contributed by atoms with van der Waals surface area (Å²) in [7, 11) is 0. The maximum atomic E-state index is 13.2. The normalized spacial score (nSPS) is 15.2. The average Bonchev–Trinajstić information content (AvgIpc) is 3.12. The number of rotatable bonds is 4. The smallest absolute Gasteiger partial charge is 0.313 e. The van der Waals surface area contributed by atoms with Crippen LogP contribution in [0.15, 0.2) is 73.1 Å². The summed E-state index contributed by atoms with van der Waals surface area (Å²) in [5, 5.41) is 3.01. The van der Waals surface area contributed by atoms with Crippen molar-refractivity contribution in [3.63, 3.8) is 0 Å². The molecular formula is C23H23N3O. The van der Waals surface area contributed by atoms with E-state index in [2.05, 4.69) is 65.8 Å². The Morgan fingerprint density at radius 3 is 2.70 bits per heavy atom. The summed E-state index contributed by atoms with van der Waals surface area (Å²) in [5.74, 6) is 0. The van der Waals surface area contributed by atoms with Crippen LogP contribution in [0.3, 0.4) is 0 Å². The van der Waals surface area contributed by atoms with Crippen LogP contribution in [0.1, 0.15) is 34.7 Å². The molecule has 1 aliphatic carbocycles. The number of hydrogen-bond acceptors (Lipinski definition) is 2. The number of carbonyl (C=O) groups is 1. The van der Waals surface area contributed by atoms with Crippen molar-refractivity contribution in [1.29, 1.82) is 0 Å². The second-order valence-corrected chi connectivity index (χ2v) is 7.04. The number of nitrogens with one attached hydrogen (secondary N) is 1. The van der Waals surface area contributed by atoms with Crippen molar-refractivity contribution in [3.05, 3.63) is 95.3 Å². The number of pyridine rings is 1. The minimum Gasteiger partial charge on any atom is -0.313 e. The Labute approximate surface area is 159 Å². The lowest BCUT2D eigenvalue weighted by Gasteiger charge is -2.30. The standard InChI is InChI=1S/C23H23N3O/c1-17-8-10-18(11-9-17)16-26(23(27)25-20-6-4-14-24-15-20)22-13-12-19-5-2-3-7-21(19)22/h2-11,14-15,22H,12-13,16H2,1H3,(H,25,27)/t22-/m0/s1. The number of aromatic nitrogens is 1. The highest BCUT2D eigenvalue weighted by molar-refractivity contribution is 5.89. The molecule has 136 valence electrons. The first-order valence-corrected chi connectivity index (χ1v) is 9.32. The van der Waals surface area contributed by atoms with Crippen molar-refractivity contribution in [3.8, 4) is 0 Å². The molecule has 1 aliphatic rings. The predicted molar refractivity (Wildman–Crippen MR) is 107 cm³/mol. The van der Waals surface area contributed by atoms with Crippen molar-refractivity contribution in [2.45, 2.75) is 32.4 Å². The van der Waals surface area contributed by atoms with Crippen LogP contribution < -0.4 is 5.32 Å². The first kappa shape index (κ1) is 17.3. The van der Waals surface area contributed by atoms with Gasteiger partial charge in [-0.25, -0.2) is 4.79 Å². The molecule has 4 nitrogen and oxygen atoms in total. The fourth-order valence-corrected chi connectivity index (χ4v) is 3.70. The lowest BCUT2D eigenvalue weighted by molar-refractivity contribution is 0.183. The highest BCUT2D eigenvalue weighted by Gasteiger charge is 2.31. The first-order chi connectivity index (χ1) is 13.2. The lowest BCUT2D eigenvalue weighted by Crippen LogP contribution is -2.37. The number of fused-ring (bicyclic) bond motifs is 1. The molecule has 1 heterocycles. The molecule has 0 aliphatic heterocycles. The maximum Gasteiger partial charge on any atom is 0.322 e. The third kappa shape index (κ3) is 3.85. The highest BCUT2D eigenvalue weighted by Crippen LogP contribution is 2.36. The molecule has 1 aromatic heterocycles. The summed E-state index contributed by atoms with van der Waals surface area (Å²) in [6.45, 7) is 2.65. The molecule has 4 rings (SSSR count). The van der Waals surface area contributed by atoms with Gasteiger partial charge in [0.2, 0.25) is 0 Å². The number of urea groups is 1. The van der Waals surface area contributed by atoms with Gasteiger partial charge in [-0.1, -0.05) is 54.1 Å². The van der Waals surface area contributed by atoms with Crippen LogP contribution >= 0.6 is 0 Å². The van der Waals surface area contributed by atoms with Crippen LogP contribution in [-0.4, -0.2) is 15.9 Å². The zero-order valence-corrected chi connectivity index (χ0v) is 15.4. The molecule has 1 N–H and O–H groups in total. The molecule has 0 saturated carbocycles. The van der Waals surface area contributed by atoms with Gasteiger partial charge in [-0.3, -0.25) is 4.98 Å². The SMILES string of the molecule is Cc1ccc(CN(C(=O)Nc2cccnc2)[C@H]2CCc3ccccc32)cc1. The summed E-state index contributed by atoms with van der Waals surface area (Å²) < 4.78 is 0. The Morgan fingerprint density at radius 2 is 1.93 bits per heavy atom. The maximum absolute atomic E-state index is 13.2. The van der Waals surface area contributed by atoms with E-state index in [4.69, 9.17) is 0 Å². The summed E-state index contributed by atoms with van der Waals surface area (Å²) in [6, 6.07) is 20.5. The zero-order chi connectivity index (χ0) is 18.6. The Morgan fingerprint density at radius 1 is 1.11 bits per heavy atom. The predicted octanol–water partition coefficient (Wildman–Crippen LogP) is 5.11. The number of carbonyl (C=O) groups excluding carboxylic acids is 1. The minimum atomic E-state index is -0.0923. The number of nitrogens with zero attached hydrogens (tertiary/aromatic N) is 2. The van der Waals surface area contributed by atoms with Crippen molar-refractivity contribution < 1.29 is 4.79 Å². The van der Waals surface area contributed by atoms with Crippen LogP contribution in [0.25, 0.3) is 0 Å². The van der Waals surface area contributed by atoms with E-state index < -0.39 is 0 Å². The molecule has 0 spiro atoms. The van der Waals surface area contributed by atoms with Gasteiger partial charge in [-0.2, -0.15) is 0 Å². The summed E-state index contributed by atoms with van der Waals surface area (Å²) in [6.07, 6.45) is 5.33. The Bertz CT molecular complexity index is 922. The second-order valence-electron chi connectivity index (χ2n) is 7.04. The largest absolute Gasteiger partial charge is 0.322 e. The van der Waals surface area contributed by atoms with Gasteiger partial charge in [0.05, 0.1) is 17.9 Å². The van der Waals surface area contributed by atoms with E-state index in [-0.39, 0.29) is 12.1 Å². The Kier molecular flexibility index (Phi) is 4.88. The minimum absolute atomic E-state index is 0.0826. The number of hydrogen-bond donors (Lipinski definition) is 1. The molecule has 0 radical (unpaired) electrons. The van der Waals surface area contributed by atoms with Gasteiger partial charge in [0.25, 0.3) is 0 Å². The van der Waals surface area contributed by atoms with Gasteiger partial charge < -0.3 is 10.2 Å². The van der Waals surface area contributed by atoms with Crippen molar-refractivity contribution in [2.75, 3.05) is 5.32 Å². The van der Waals surface area contributed by atoms with Gasteiger partial charge in [0.15, 0.2) is 0 Å². The van der Waals surface area contributed by atoms with Crippen LogP contribution in [-0.2, 0) is 13.0 Å². The Hall–Kier alpha value is -3.14. The van der Waals surface area contributed by atoms with Crippen molar-refractivity contribution in [1.82, 2.24) is 9.88 Å². The summed E-state index contributed by atoms with van der Waals surface area (Å²) in [5.41, 5.74) is 5.65. The molecule has 0 bridgehead atoms. The number of aryl methyl sites for hydroxylation is 2. The molecule has 0 saturated heterocycles. The van der Waals surface area contributed by atoms with Crippen LogP contribution in [0.4, 0.5) is 10.5 Å². The van der Waals surface area contributed by atoms with Crippen molar-refractivity contribution in [2.24, 2.45) is 0 Å². The molecule has 27 heavy (non-hydrogen) atoms. The molecule has 3 aromatic rings. The third-order valence-corrected chi connectivity index (χ3v) is 5.12. The number of amides is 2. The monoisotopic (exact) mass is 357 g/mol. The molecular weight excluding hydrogens is 334 g/mol. The fraction of sp³-hybridized carbons (Fsp3) is 0.217. The van der Waals surface area contributed by atoms with Gasteiger partial charge in [-0.15, -0.1) is 0 Å². The number of benzene rings is 2.